The highest BCUT2D eigenvalue weighted by Crippen LogP contribution is 2.33. The predicted molar refractivity (Wildman–Crippen MR) is 109 cm³/mol. The van der Waals surface area contributed by atoms with E-state index in [1.165, 1.54) is 30.3 Å². The van der Waals surface area contributed by atoms with E-state index in [4.69, 9.17) is 46.4 Å². The summed E-state index contributed by atoms with van der Waals surface area (Å²) in [5.41, 5.74) is 0.377. The molecule has 1 unspecified atom stereocenters. The number of Topliss-reactive ketones (excluding diaryl/α,β-unsaturated/α-hetero) is 1. The van der Waals surface area contributed by atoms with Gasteiger partial charge in [0.1, 0.15) is 11.2 Å². The number of benzene rings is 1. The van der Waals surface area contributed by atoms with Crippen LogP contribution < -0.4 is 10.3 Å². The highest BCUT2D eigenvalue weighted by Gasteiger charge is 2.35. The third-order valence-electron chi connectivity index (χ3n) is 3.81. The van der Waals surface area contributed by atoms with Gasteiger partial charge in [-0.25, -0.2) is 9.99 Å². The van der Waals surface area contributed by atoms with E-state index in [1.807, 2.05) is 0 Å². The van der Waals surface area contributed by atoms with Gasteiger partial charge in [-0.05, 0) is 31.2 Å². The van der Waals surface area contributed by atoms with Gasteiger partial charge < -0.3 is 5.32 Å². The van der Waals surface area contributed by atoms with Gasteiger partial charge in [-0.2, -0.15) is 5.10 Å². The maximum absolute atomic E-state index is 12.9. The van der Waals surface area contributed by atoms with Crippen molar-refractivity contribution in [3.63, 3.8) is 0 Å². The summed E-state index contributed by atoms with van der Waals surface area (Å²) in [7, 11) is 0. The monoisotopic (exact) mass is 444 g/mol. The number of amides is 1. The van der Waals surface area contributed by atoms with Crippen molar-refractivity contribution in [1.29, 1.82) is 0 Å². The number of aromatic nitrogens is 1. The number of halogens is 4. The number of pyridine rings is 1. The quantitative estimate of drug-likeness (QED) is 0.670. The average Bonchev–Trinajstić information content (AvgIpc) is 2.99. The molecular weight excluding hydrogens is 434 g/mol. The smallest absolute Gasteiger partial charge is 0.249 e. The lowest BCUT2D eigenvalue weighted by atomic mass is 10.1. The van der Waals surface area contributed by atoms with E-state index in [2.05, 4.69) is 15.4 Å². The second-order valence-corrected chi connectivity index (χ2v) is 7.39. The molecule has 1 aliphatic rings. The average molecular weight is 446 g/mol. The van der Waals surface area contributed by atoms with Gasteiger partial charge >= 0.3 is 0 Å². The van der Waals surface area contributed by atoms with Crippen molar-refractivity contribution in [2.75, 3.05) is 10.3 Å². The molecule has 1 N–H and O–H groups in total. The third kappa shape index (κ3) is 4.19. The Labute approximate surface area is 175 Å². The summed E-state index contributed by atoms with van der Waals surface area (Å²) in [4.78, 5) is 29.0. The summed E-state index contributed by atoms with van der Waals surface area (Å²) in [6, 6.07) is 5.36. The largest absolute Gasteiger partial charge is 0.322 e. The molecule has 10 heteroatoms. The molecule has 27 heavy (non-hydrogen) atoms. The Morgan fingerprint density at radius 3 is 2.59 bits per heavy atom. The number of hydrogen-bond donors (Lipinski definition) is 1. The topological polar surface area (TPSA) is 74.7 Å². The number of anilines is 2. The first-order valence-electron chi connectivity index (χ1n) is 7.71. The Morgan fingerprint density at radius 1 is 1.19 bits per heavy atom. The molecule has 0 saturated heterocycles. The van der Waals surface area contributed by atoms with E-state index in [0.717, 1.165) is 0 Å². The predicted octanol–water partition coefficient (Wildman–Crippen LogP) is 5.01. The van der Waals surface area contributed by atoms with Crippen LogP contribution in [-0.4, -0.2) is 27.9 Å². The molecule has 1 amide bonds. The van der Waals surface area contributed by atoms with Crippen LogP contribution in [0.5, 0.6) is 0 Å². The van der Waals surface area contributed by atoms with Crippen molar-refractivity contribution in [3.8, 4) is 0 Å². The molecule has 0 bridgehead atoms. The van der Waals surface area contributed by atoms with Crippen molar-refractivity contribution in [3.05, 3.63) is 51.1 Å². The minimum Gasteiger partial charge on any atom is -0.322 e. The summed E-state index contributed by atoms with van der Waals surface area (Å²) in [6.45, 7) is 1.35. The molecule has 1 aliphatic heterocycles. The van der Waals surface area contributed by atoms with Gasteiger partial charge in [0.15, 0.2) is 11.6 Å². The fourth-order valence-electron chi connectivity index (χ4n) is 2.60. The normalized spacial score (nSPS) is 16.3. The SMILES string of the molecule is CC(=O)c1cc(Cl)cc(Cl)c1NC(=O)C1CC(Cl)=NN1c1ncccc1Cl. The molecule has 6 nitrogen and oxygen atoms in total. The number of nitrogens with one attached hydrogen (secondary N) is 1. The van der Waals surface area contributed by atoms with Crippen LogP contribution in [0.2, 0.25) is 15.1 Å². The van der Waals surface area contributed by atoms with Crippen molar-refractivity contribution >= 4 is 74.8 Å². The van der Waals surface area contributed by atoms with Crippen LogP contribution in [0.1, 0.15) is 23.7 Å². The van der Waals surface area contributed by atoms with Gasteiger partial charge in [-0.1, -0.05) is 46.4 Å². The standard InChI is InChI=1S/C17H12Cl4N4O2/c1-8(26)10-5-9(18)6-12(20)15(10)23-17(27)13-7-14(21)24-25(13)16-11(19)3-2-4-22-16/h2-6,13H,7H2,1H3,(H,23,27). The number of carbonyl (C=O) groups is 2. The second kappa shape index (κ2) is 8.02. The Balaban J connectivity index is 1.93. The van der Waals surface area contributed by atoms with Gasteiger partial charge in [-0.3, -0.25) is 9.59 Å². The molecule has 0 aliphatic carbocycles. The molecule has 3 rings (SSSR count). The molecule has 1 aromatic carbocycles. The summed E-state index contributed by atoms with van der Waals surface area (Å²) < 4.78 is 0. The molecule has 1 atom stereocenters. The van der Waals surface area contributed by atoms with E-state index in [-0.39, 0.29) is 38.7 Å². The van der Waals surface area contributed by atoms with Crippen LogP contribution in [0.25, 0.3) is 0 Å². The second-order valence-electron chi connectivity index (χ2n) is 5.71. The van der Waals surface area contributed by atoms with Crippen LogP contribution in [0.4, 0.5) is 11.5 Å². The number of ketones is 1. The first-order chi connectivity index (χ1) is 12.8. The molecule has 140 valence electrons. The highest BCUT2D eigenvalue weighted by atomic mass is 35.5. The Morgan fingerprint density at radius 2 is 1.93 bits per heavy atom. The minimum absolute atomic E-state index is 0.147. The maximum atomic E-state index is 12.9. The Bertz CT molecular complexity index is 964. The summed E-state index contributed by atoms with van der Waals surface area (Å²) in [5.74, 6) is -0.466. The van der Waals surface area contributed by atoms with Gasteiger partial charge in [0.25, 0.3) is 0 Å². The van der Waals surface area contributed by atoms with Crippen LogP contribution in [0, 0.1) is 0 Å². The third-order valence-corrected chi connectivity index (χ3v) is 4.86. The molecule has 0 saturated carbocycles. The van der Waals surface area contributed by atoms with Crippen LogP contribution in [0.15, 0.2) is 35.6 Å². The fraction of sp³-hybridized carbons (Fsp3) is 0.176. The first-order valence-corrected chi connectivity index (χ1v) is 9.22. The van der Waals surface area contributed by atoms with Crippen LogP contribution >= 0.6 is 46.4 Å². The van der Waals surface area contributed by atoms with Gasteiger partial charge in [0.05, 0.1) is 15.7 Å². The number of rotatable bonds is 4. The van der Waals surface area contributed by atoms with Gasteiger partial charge in [-0.15, -0.1) is 0 Å². The van der Waals surface area contributed by atoms with Crippen LogP contribution in [0.3, 0.4) is 0 Å². The zero-order valence-electron chi connectivity index (χ0n) is 13.8. The summed E-state index contributed by atoms with van der Waals surface area (Å²) in [5, 5.41) is 9.15. The molecular formula is C17H12Cl4N4O2. The fourth-order valence-corrected chi connectivity index (χ4v) is 3.58. The lowest BCUT2D eigenvalue weighted by Crippen LogP contribution is -2.39. The number of hydrogen-bond acceptors (Lipinski definition) is 5. The van der Waals surface area contributed by atoms with Crippen LogP contribution in [-0.2, 0) is 4.79 Å². The maximum Gasteiger partial charge on any atom is 0.249 e. The lowest BCUT2D eigenvalue weighted by Gasteiger charge is -2.23. The highest BCUT2D eigenvalue weighted by molar-refractivity contribution is 6.66. The van der Waals surface area contributed by atoms with E-state index >= 15 is 0 Å². The zero-order valence-corrected chi connectivity index (χ0v) is 16.9. The Hall–Kier alpha value is -1.86. The summed E-state index contributed by atoms with van der Waals surface area (Å²) in [6.07, 6.45) is 1.68. The zero-order chi connectivity index (χ0) is 19.7. The molecule has 0 spiro atoms. The van der Waals surface area contributed by atoms with E-state index in [9.17, 15) is 9.59 Å². The number of nitrogens with zero attached hydrogens (tertiary/aromatic N) is 3. The molecule has 1 aromatic heterocycles. The summed E-state index contributed by atoms with van der Waals surface area (Å²) >= 11 is 24.3. The first kappa shape index (κ1) is 19.9. The molecule has 0 radical (unpaired) electrons. The van der Waals surface area contributed by atoms with Gasteiger partial charge in [0, 0.05) is 23.2 Å². The van der Waals surface area contributed by atoms with E-state index < -0.39 is 11.9 Å². The van der Waals surface area contributed by atoms with E-state index in [0.29, 0.717) is 10.8 Å². The van der Waals surface area contributed by atoms with Crippen molar-refractivity contribution < 1.29 is 9.59 Å². The lowest BCUT2D eigenvalue weighted by molar-refractivity contribution is -0.117. The number of hydrazone groups is 1. The molecule has 0 fully saturated rings. The minimum atomic E-state index is -0.809. The molecule has 2 aromatic rings. The van der Waals surface area contributed by atoms with Gasteiger partial charge in [0.2, 0.25) is 5.91 Å². The van der Waals surface area contributed by atoms with Crippen molar-refractivity contribution in [2.24, 2.45) is 5.10 Å². The van der Waals surface area contributed by atoms with E-state index in [1.54, 1.807) is 12.1 Å². The van der Waals surface area contributed by atoms with Crippen molar-refractivity contribution in [1.82, 2.24) is 4.98 Å². The Kier molecular flexibility index (Phi) is 5.91. The number of carbonyl (C=O) groups excluding carboxylic acids is 2. The van der Waals surface area contributed by atoms with Crippen molar-refractivity contribution in [2.45, 2.75) is 19.4 Å². The molecule has 2 heterocycles.